The van der Waals surface area contributed by atoms with Gasteiger partial charge in [0.25, 0.3) is 5.91 Å². The van der Waals surface area contributed by atoms with E-state index < -0.39 is 11.5 Å². The number of hydrogen-bond donors (Lipinski definition) is 2. The molecule has 0 aliphatic carbocycles. The quantitative estimate of drug-likeness (QED) is 0.709. The van der Waals surface area contributed by atoms with Crippen molar-refractivity contribution >= 4 is 34.2 Å². The van der Waals surface area contributed by atoms with Crippen molar-refractivity contribution in [3.8, 4) is 11.5 Å². The molecule has 6 nitrogen and oxygen atoms in total. The van der Waals surface area contributed by atoms with E-state index in [0.717, 1.165) is 0 Å². The van der Waals surface area contributed by atoms with Crippen LogP contribution in [0, 0.1) is 0 Å². The Balaban J connectivity index is 1.75. The molecule has 1 amide bonds. The van der Waals surface area contributed by atoms with Crippen molar-refractivity contribution in [2.75, 3.05) is 11.9 Å². The molecule has 1 aromatic heterocycles. The fourth-order valence-electron chi connectivity index (χ4n) is 2.10. The highest BCUT2D eigenvalue weighted by molar-refractivity contribution is 6.30. The highest BCUT2D eigenvalue weighted by Crippen LogP contribution is 2.29. The molecular weight excluding hydrogens is 334 g/mol. The van der Waals surface area contributed by atoms with E-state index in [9.17, 15) is 14.7 Å². The zero-order chi connectivity index (χ0) is 17.1. The van der Waals surface area contributed by atoms with Crippen molar-refractivity contribution in [3.63, 3.8) is 0 Å². The molecule has 24 heavy (non-hydrogen) atoms. The number of nitrogens with one attached hydrogen (secondary N) is 1. The molecule has 0 spiro atoms. The van der Waals surface area contributed by atoms with Gasteiger partial charge in [-0.15, -0.1) is 0 Å². The smallest absolute Gasteiger partial charge is 0.364 e. The minimum Gasteiger partial charge on any atom is -0.505 e. The second kappa shape index (κ2) is 6.64. The van der Waals surface area contributed by atoms with Crippen LogP contribution in [0.4, 0.5) is 5.69 Å². The largest absolute Gasteiger partial charge is 0.505 e. The SMILES string of the molecule is O=C(COc1ccc(Cl)cc1)Nc1c(O)c2ccccc2oc1=O. The third kappa shape index (κ3) is 3.33. The predicted octanol–water partition coefficient (Wildman–Crippen LogP) is 3.17. The number of hydrogen-bond acceptors (Lipinski definition) is 5. The molecule has 0 saturated heterocycles. The average molecular weight is 346 g/mol. The molecule has 0 bridgehead atoms. The number of ether oxygens (including phenoxy) is 1. The maximum atomic E-state index is 11.9. The van der Waals surface area contributed by atoms with Gasteiger partial charge < -0.3 is 19.6 Å². The zero-order valence-electron chi connectivity index (χ0n) is 12.3. The number of amides is 1. The number of rotatable bonds is 4. The summed E-state index contributed by atoms with van der Waals surface area (Å²) in [5.74, 6) is -0.506. The number of halogens is 1. The van der Waals surface area contributed by atoms with E-state index in [4.69, 9.17) is 20.8 Å². The van der Waals surface area contributed by atoms with Gasteiger partial charge in [-0.25, -0.2) is 4.79 Å². The van der Waals surface area contributed by atoms with Gasteiger partial charge in [-0.1, -0.05) is 23.7 Å². The first-order valence-corrected chi connectivity index (χ1v) is 7.35. The predicted molar refractivity (Wildman–Crippen MR) is 89.7 cm³/mol. The van der Waals surface area contributed by atoms with E-state index >= 15 is 0 Å². The van der Waals surface area contributed by atoms with E-state index in [1.165, 1.54) is 0 Å². The van der Waals surface area contributed by atoms with Gasteiger partial charge in [0, 0.05) is 5.02 Å². The second-order valence-electron chi connectivity index (χ2n) is 4.90. The lowest BCUT2D eigenvalue weighted by Crippen LogP contribution is -2.23. The molecule has 1 heterocycles. The van der Waals surface area contributed by atoms with Gasteiger partial charge in [-0.05, 0) is 36.4 Å². The Bertz CT molecular complexity index is 949. The summed E-state index contributed by atoms with van der Waals surface area (Å²) in [5, 5.41) is 13.3. The fraction of sp³-hybridized carbons (Fsp3) is 0.0588. The molecular formula is C17H12ClNO5. The lowest BCUT2D eigenvalue weighted by Gasteiger charge is -2.09. The van der Waals surface area contributed by atoms with Crippen molar-refractivity contribution < 1.29 is 19.1 Å². The fourth-order valence-corrected chi connectivity index (χ4v) is 2.22. The molecule has 7 heteroatoms. The summed E-state index contributed by atoms with van der Waals surface area (Å²) in [6.07, 6.45) is 0. The average Bonchev–Trinajstić information content (AvgIpc) is 2.58. The summed E-state index contributed by atoms with van der Waals surface area (Å²) >= 11 is 5.76. The molecule has 0 unspecified atom stereocenters. The van der Waals surface area contributed by atoms with Crippen LogP contribution >= 0.6 is 11.6 Å². The Labute approximate surface area is 141 Å². The van der Waals surface area contributed by atoms with Gasteiger partial charge in [-0.3, -0.25) is 4.79 Å². The lowest BCUT2D eigenvalue weighted by molar-refractivity contribution is -0.118. The summed E-state index contributed by atoms with van der Waals surface area (Å²) < 4.78 is 10.3. The molecule has 2 N–H and O–H groups in total. The highest BCUT2D eigenvalue weighted by atomic mass is 35.5. The van der Waals surface area contributed by atoms with E-state index in [0.29, 0.717) is 16.2 Å². The second-order valence-corrected chi connectivity index (χ2v) is 5.34. The Kier molecular flexibility index (Phi) is 4.39. The number of carbonyl (C=O) groups excluding carboxylic acids is 1. The van der Waals surface area contributed by atoms with Crippen LogP contribution in [0.15, 0.2) is 57.7 Å². The van der Waals surface area contributed by atoms with E-state index in [-0.39, 0.29) is 23.6 Å². The van der Waals surface area contributed by atoms with Crippen molar-refractivity contribution in [1.82, 2.24) is 0 Å². The minimum atomic E-state index is -0.842. The monoisotopic (exact) mass is 345 g/mol. The molecule has 0 saturated carbocycles. The zero-order valence-corrected chi connectivity index (χ0v) is 13.0. The number of fused-ring (bicyclic) bond motifs is 1. The van der Waals surface area contributed by atoms with Crippen molar-refractivity contribution in [1.29, 1.82) is 0 Å². The van der Waals surface area contributed by atoms with Gasteiger partial charge in [0.2, 0.25) is 0 Å². The van der Waals surface area contributed by atoms with Crippen molar-refractivity contribution in [2.45, 2.75) is 0 Å². The van der Waals surface area contributed by atoms with Crippen LogP contribution < -0.4 is 15.7 Å². The standard InChI is InChI=1S/C17H12ClNO5/c18-10-5-7-11(8-6-10)23-9-14(20)19-15-16(21)12-3-1-2-4-13(12)24-17(15)22/h1-8,21H,9H2,(H,19,20). The Morgan fingerprint density at radius 2 is 1.88 bits per heavy atom. The molecule has 3 rings (SSSR count). The summed E-state index contributed by atoms with van der Waals surface area (Å²) in [7, 11) is 0. The molecule has 0 aliphatic heterocycles. The van der Waals surface area contributed by atoms with Crippen LogP contribution in [0.25, 0.3) is 11.0 Å². The molecule has 3 aromatic rings. The lowest BCUT2D eigenvalue weighted by atomic mass is 10.2. The minimum absolute atomic E-state index is 0.232. The number of carbonyl (C=O) groups is 1. The summed E-state index contributed by atoms with van der Waals surface area (Å²) in [6.45, 7) is -0.340. The molecule has 0 radical (unpaired) electrons. The first-order chi connectivity index (χ1) is 11.5. The maximum absolute atomic E-state index is 11.9. The number of anilines is 1. The molecule has 2 aromatic carbocycles. The molecule has 0 aliphatic rings. The molecule has 122 valence electrons. The third-order valence-corrected chi connectivity index (χ3v) is 3.49. The van der Waals surface area contributed by atoms with Crippen LogP contribution in [0.3, 0.4) is 0 Å². The first-order valence-electron chi connectivity index (χ1n) is 6.97. The summed E-state index contributed by atoms with van der Waals surface area (Å²) in [5.41, 5.74) is -0.931. The Morgan fingerprint density at radius 3 is 2.62 bits per heavy atom. The van der Waals surface area contributed by atoms with Gasteiger partial charge in [-0.2, -0.15) is 0 Å². The molecule has 0 fully saturated rings. The third-order valence-electron chi connectivity index (χ3n) is 3.23. The maximum Gasteiger partial charge on any atom is 0.364 e. The Hall–Kier alpha value is -2.99. The van der Waals surface area contributed by atoms with Crippen LogP contribution in [0.5, 0.6) is 11.5 Å². The van der Waals surface area contributed by atoms with Gasteiger partial charge in [0.05, 0.1) is 5.39 Å². The topological polar surface area (TPSA) is 88.8 Å². The van der Waals surface area contributed by atoms with E-state index in [1.54, 1.807) is 48.5 Å². The normalized spacial score (nSPS) is 10.5. The number of benzene rings is 2. The van der Waals surface area contributed by atoms with Crippen LogP contribution in [-0.2, 0) is 4.79 Å². The molecule has 0 atom stereocenters. The highest BCUT2D eigenvalue weighted by Gasteiger charge is 2.16. The number of para-hydroxylation sites is 1. The Morgan fingerprint density at radius 1 is 1.17 bits per heavy atom. The van der Waals surface area contributed by atoms with Crippen LogP contribution in [0.1, 0.15) is 0 Å². The van der Waals surface area contributed by atoms with Crippen molar-refractivity contribution in [3.05, 3.63) is 64.0 Å². The van der Waals surface area contributed by atoms with Crippen LogP contribution in [-0.4, -0.2) is 17.6 Å². The first kappa shape index (κ1) is 15.9. The summed E-state index contributed by atoms with van der Waals surface area (Å²) in [4.78, 5) is 23.8. The van der Waals surface area contributed by atoms with Crippen molar-refractivity contribution in [2.24, 2.45) is 0 Å². The van der Waals surface area contributed by atoms with E-state index in [1.807, 2.05) is 0 Å². The summed E-state index contributed by atoms with van der Waals surface area (Å²) in [6, 6.07) is 12.9. The van der Waals surface area contributed by atoms with Gasteiger partial charge >= 0.3 is 5.63 Å². The van der Waals surface area contributed by atoms with Gasteiger partial charge in [0.1, 0.15) is 11.3 Å². The number of aromatic hydroxyl groups is 1. The van der Waals surface area contributed by atoms with Crippen LogP contribution in [0.2, 0.25) is 5.02 Å². The van der Waals surface area contributed by atoms with E-state index in [2.05, 4.69) is 5.32 Å². The van der Waals surface area contributed by atoms with Gasteiger partial charge in [0.15, 0.2) is 18.0 Å².